The fourth-order valence-electron chi connectivity index (χ4n) is 17.0. The lowest BCUT2D eigenvalue weighted by atomic mass is 9.78. The molecule has 3 saturated heterocycles. The first-order chi connectivity index (χ1) is 63.1. The van der Waals surface area contributed by atoms with Crippen molar-refractivity contribution in [3.05, 3.63) is 263 Å². The largest absolute Gasteiger partial charge is 0.352 e. The lowest BCUT2D eigenvalue weighted by Gasteiger charge is -2.39. The van der Waals surface area contributed by atoms with E-state index in [1.807, 2.05) is 248 Å². The van der Waals surface area contributed by atoms with Crippen molar-refractivity contribution < 1.29 is 23.6 Å². The summed E-state index contributed by atoms with van der Waals surface area (Å²) in [4.78, 5) is 59.6. The molecule has 3 aliphatic heterocycles. The SMILES string of the molecule is CC1(F)CCN(C(=O)Cn2nc(-c3ccccc3)c3c(Cl)c(-c4ccccc4)nnc32)C1.CC1(NC(=O)Cn2nc(-c3ccccc3)c3c(Cl)c(-c4ccccc4)nnc32)CCC1.CN(C)C1CCN(C(=O)Cn2nc(-c3ccccc3)c3c(Cl)c(-c4ccccc4)nnc32)CC1.CN1CCC(NC(=O)Cn2nc(-c3ccccc3)c3c(Cl)c(-c4ccccc4)nnc32)CC1. The van der Waals surface area contributed by atoms with Crippen LogP contribution in [-0.2, 0) is 45.4 Å². The maximum Gasteiger partial charge on any atom is 0.244 e. The molecule has 31 heteroatoms. The van der Waals surface area contributed by atoms with Crippen molar-refractivity contribution in [2.24, 2.45) is 0 Å². The first-order valence-corrected chi connectivity index (χ1v) is 44.9. The van der Waals surface area contributed by atoms with Gasteiger partial charge in [0.25, 0.3) is 0 Å². The third-order valence-corrected chi connectivity index (χ3v) is 25.7. The van der Waals surface area contributed by atoms with Gasteiger partial charge in [0.2, 0.25) is 23.6 Å². The Hall–Kier alpha value is -13.2. The molecule has 4 aliphatic rings. The van der Waals surface area contributed by atoms with Crippen molar-refractivity contribution in [3.63, 3.8) is 0 Å². The number of alkyl halides is 1. The molecule has 130 heavy (non-hydrogen) atoms. The number of piperidine rings is 2. The lowest BCUT2D eigenvalue weighted by Crippen LogP contribution is -2.51. The number of amides is 4. The number of hydrogen-bond donors (Lipinski definition) is 2. The van der Waals surface area contributed by atoms with Crippen LogP contribution in [0.1, 0.15) is 65.2 Å². The summed E-state index contributed by atoms with van der Waals surface area (Å²) in [5, 5.41) is 65.2. The third-order valence-electron chi connectivity index (χ3n) is 24.2. The Morgan fingerprint density at radius 1 is 0.369 bits per heavy atom. The van der Waals surface area contributed by atoms with Gasteiger partial charge in [0.05, 0.1) is 48.2 Å². The van der Waals surface area contributed by atoms with E-state index in [-0.39, 0.29) is 67.9 Å². The van der Waals surface area contributed by atoms with Gasteiger partial charge in [-0.1, -0.05) is 289 Å². The smallest absolute Gasteiger partial charge is 0.244 e. The summed E-state index contributed by atoms with van der Waals surface area (Å²) in [6, 6.07) is 78.5. The fourth-order valence-corrected chi connectivity index (χ4v) is 18.2. The van der Waals surface area contributed by atoms with Gasteiger partial charge in [0.15, 0.2) is 22.6 Å². The number of hydrogen-bond acceptors (Lipinski definition) is 18. The lowest BCUT2D eigenvalue weighted by molar-refractivity contribution is -0.133. The number of likely N-dealkylation sites (tertiary alicyclic amines) is 3. The number of halogens is 5. The number of carbonyl (C=O) groups is 4. The Kier molecular flexibility index (Phi) is 27.0. The molecule has 20 rings (SSSR count). The molecule has 0 spiro atoms. The second kappa shape index (κ2) is 39.4. The molecular weight excluding hydrogens is 1720 g/mol. The summed E-state index contributed by atoms with van der Waals surface area (Å²) in [5.41, 5.74) is 12.6. The number of nitrogens with one attached hydrogen (secondary N) is 2. The summed E-state index contributed by atoms with van der Waals surface area (Å²) in [6.07, 6.45) is 7.31. The van der Waals surface area contributed by atoms with Crippen LogP contribution in [0.3, 0.4) is 0 Å². The van der Waals surface area contributed by atoms with Crippen LogP contribution in [0, 0.1) is 0 Å². The van der Waals surface area contributed by atoms with Gasteiger partial charge in [-0.2, -0.15) is 20.4 Å². The zero-order valence-corrected chi connectivity index (χ0v) is 75.5. The average Bonchev–Trinajstić information content (AvgIpc) is 1.62. The van der Waals surface area contributed by atoms with Crippen LogP contribution in [0.5, 0.6) is 0 Å². The predicted molar refractivity (Wildman–Crippen MR) is 508 cm³/mol. The molecule has 26 nitrogen and oxygen atoms in total. The zero-order valence-electron chi connectivity index (χ0n) is 72.4. The summed E-state index contributed by atoms with van der Waals surface area (Å²) >= 11 is 27.5. The highest BCUT2D eigenvalue weighted by Gasteiger charge is 2.38. The van der Waals surface area contributed by atoms with E-state index < -0.39 is 5.67 Å². The van der Waals surface area contributed by atoms with Gasteiger partial charge in [-0.3, -0.25) is 19.2 Å². The number of rotatable bonds is 19. The monoisotopic (exact) mass is 1810 g/mol. The highest BCUT2D eigenvalue weighted by molar-refractivity contribution is 6.40. The maximum absolute atomic E-state index is 14.2. The molecular formula is C99H95Cl4FN22O4. The number of aromatic nitrogens is 16. The Morgan fingerprint density at radius 3 is 0.931 bits per heavy atom. The van der Waals surface area contributed by atoms with Gasteiger partial charge in [-0.25, -0.2) is 23.1 Å². The van der Waals surface area contributed by atoms with Crippen molar-refractivity contribution >= 4 is 114 Å². The Labute approximate surface area is 770 Å². The second-order valence-electron chi connectivity index (χ2n) is 33.9. The van der Waals surface area contributed by atoms with E-state index in [4.69, 9.17) is 66.8 Å². The number of carbonyl (C=O) groups excluding carboxylic acids is 4. The van der Waals surface area contributed by atoms with E-state index in [2.05, 4.69) is 89.3 Å². The van der Waals surface area contributed by atoms with Crippen LogP contribution < -0.4 is 10.6 Å². The summed E-state index contributed by atoms with van der Waals surface area (Å²) in [5.74, 6) is -0.346. The van der Waals surface area contributed by atoms with Gasteiger partial charge in [-0.05, 0) is 93.0 Å². The van der Waals surface area contributed by atoms with Crippen LogP contribution in [0.25, 0.3) is 134 Å². The Bertz CT molecular complexity index is 6720. The summed E-state index contributed by atoms with van der Waals surface area (Å²) in [7, 11) is 6.29. The van der Waals surface area contributed by atoms with Crippen LogP contribution >= 0.6 is 46.4 Å². The third kappa shape index (κ3) is 19.7. The minimum absolute atomic E-state index is 0.0336. The number of benzene rings is 8. The summed E-state index contributed by atoms with van der Waals surface area (Å²) < 4.78 is 20.6. The highest BCUT2D eigenvalue weighted by atomic mass is 35.5. The van der Waals surface area contributed by atoms with Crippen LogP contribution in [-0.4, -0.2) is 207 Å². The van der Waals surface area contributed by atoms with Gasteiger partial charge >= 0.3 is 0 Å². The maximum atomic E-state index is 14.2. The molecule has 0 bridgehead atoms. The quantitative estimate of drug-likeness (QED) is 0.0761. The zero-order chi connectivity index (χ0) is 90.2. The predicted octanol–water partition coefficient (Wildman–Crippen LogP) is 18.0. The molecule has 1 aliphatic carbocycles. The van der Waals surface area contributed by atoms with Gasteiger partial charge < -0.3 is 30.2 Å². The molecule has 11 heterocycles. The van der Waals surface area contributed by atoms with Crippen molar-refractivity contribution in [2.75, 3.05) is 60.4 Å². The van der Waals surface area contributed by atoms with Gasteiger partial charge in [0.1, 0.15) is 77.4 Å². The van der Waals surface area contributed by atoms with E-state index >= 15 is 0 Å². The molecule has 660 valence electrons. The van der Waals surface area contributed by atoms with E-state index in [9.17, 15) is 23.6 Å². The van der Waals surface area contributed by atoms with Gasteiger partial charge in [-0.15, -0.1) is 40.8 Å². The molecule has 0 radical (unpaired) electrons. The molecule has 1 atom stereocenters. The molecule has 8 aromatic carbocycles. The standard InChI is InChI=1S/C26H27ClN6O.C25H25ClN6O.C24H21ClFN5O.C24H22ClN5O/c1-31(2)20-13-15-32(16-14-20)21(34)17-33-26-22(24(30-33)18-9-5-3-6-10-18)23(27)25(28-29-26)19-11-7-4-8-12-19;1-31-14-12-19(13-15-31)27-20(33)16-32-25-21(23(30-32)17-8-4-2-5-9-17)22(26)24(28-29-25)18-10-6-3-7-11-18;1-24(26)12-13-30(15-24)18(32)14-31-23-19(21(29-31)16-8-4-2-5-9-16)20(25)22(27-28-23)17-10-6-3-7-11-17;1-24(13-8-14-24)26-18(31)15-30-23-19(21(29-30)16-9-4-2-5-10-16)20(25)22(27-28-23)17-11-6-3-7-12-17/h3-12,20H,13-17H2,1-2H3;2-11,19H,12-16H2,1H3,(H,27,33);2-11H,12-15H2,1H3;2-7,9-12H,8,13-15H2,1H3,(H,26,31). The molecule has 8 aromatic heterocycles. The Morgan fingerprint density at radius 2 is 0.654 bits per heavy atom. The van der Waals surface area contributed by atoms with Crippen molar-refractivity contribution in [1.29, 1.82) is 0 Å². The van der Waals surface area contributed by atoms with E-state index in [1.54, 1.807) is 14.0 Å². The first-order valence-electron chi connectivity index (χ1n) is 43.4. The van der Waals surface area contributed by atoms with Crippen LogP contribution in [0.4, 0.5) is 4.39 Å². The molecule has 1 saturated carbocycles. The molecule has 4 fully saturated rings. The van der Waals surface area contributed by atoms with E-state index in [1.165, 1.54) is 16.5 Å². The molecule has 16 aromatic rings. The topological polar surface area (TPSA) is 280 Å². The van der Waals surface area contributed by atoms with E-state index in [0.717, 1.165) is 116 Å². The minimum Gasteiger partial charge on any atom is -0.352 e. The fraction of sp³-hybridized carbons (Fsp3) is 0.273. The highest BCUT2D eigenvalue weighted by Crippen LogP contribution is 2.43. The van der Waals surface area contributed by atoms with Crippen LogP contribution in [0.15, 0.2) is 243 Å². The molecule has 1 unspecified atom stereocenters. The number of fused-ring (bicyclic) bond motifs is 4. The second-order valence-corrected chi connectivity index (χ2v) is 35.4. The van der Waals surface area contributed by atoms with Gasteiger partial charge in [0, 0.05) is 88.2 Å². The average molecular weight is 1820 g/mol. The normalized spacial score (nSPS) is 15.8. The van der Waals surface area contributed by atoms with Crippen molar-refractivity contribution in [2.45, 2.75) is 115 Å². The number of nitrogens with zero attached hydrogens (tertiary/aromatic N) is 20. The Balaban J connectivity index is 0.000000122. The molecule has 2 N–H and O–H groups in total. The van der Waals surface area contributed by atoms with E-state index in [0.29, 0.717) is 129 Å². The van der Waals surface area contributed by atoms with Crippen LogP contribution in [0.2, 0.25) is 20.1 Å². The van der Waals surface area contributed by atoms with Crippen molar-refractivity contribution in [3.8, 4) is 90.1 Å². The first kappa shape index (κ1) is 88.9. The van der Waals surface area contributed by atoms with Crippen molar-refractivity contribution in [1.82, 2.24) is 110 Å². The summed E-state index contributed by atoms with van der Waals surface area (Å²) in [6.45, 7) is 7.70. The minimum atomic E-state index is -1.36. The molecule has 4 amide bonds.